The van der Waals surface area contributed by atoms with E-state index in [0.717, 1.165) is 11.8 Å². The van der Waals surface area contributed by atoms with Crippen LogP contribution in [0, 0.1) is 38.5 Å². The average molecular weight is 255 g/mol. The van der Waals surface area contributed by atoms with Gasteiger partial charge in [0.25, 0.3) is 0 Å². The summed E-state index contributed by atoms with van der Waals surface area (Å²) in [4.78, 5) is 5.81. The van der Waals surface area contributed by atoms with Crippen molar-refractivity contribution in [2.45, 2.75) is 46.1 Å². The van der Waals surface area contributed by atoms with Crippen molar-refractivity contribution in [3.63, 3.8) is 0 Å². The summed E-state index contributed by atoms with van der Waals surface area (Å²) in [6, 6.07) is 4.54. The standard InChI is InChI=1S/C17H21NO/c1-9-6-10(2)14(11(3)7-9)16-15-12-4-5-13(8-12)17(15)19-18-16/h6-7,12-13,15,17H,4-5,8H2,1-3H3/t12-,13+,15-,17-/m1/s1. The van der Waals surface area contributed by atoms with Gasteiger partial charge in [-0.15, -0.1) is 0 Å². The van der Waals surface area contributed by atoms with Crippen LogP contribution in [0.2, 0.25) is 0 Å². The molecule has 2 saturated carbocycles. The molecule has 1 aromatic rings. The van der Waals surface area contributed by atoms with E-state index in [9.17, 15) is 0 Å². The summed E-state index contributed by atoms with van der Waals surface area (Å²) in [6.07, 6.45) is 4.46. The zero-order valence-corrected chi connectivity index (χ0v) is 11.9. The molecule has 0 N–H and O–H groups in total. The van der Waals surface area contributed by atoms with E-state index in [4.69, 9.17) is 4.84 Å². The van der Waals surface area contributed by atoms with Gasteiger partial charge in [-0.2, -0.15) is 0 Å². The van der Waals surface area contributed by atoms with Crippen molar-refractivity contribution < 1.29 is 4.84 Å². The van der Waals surface area contributed by atoms with Crippen molar-refractivity contribution in [3.05, 3.63) is 34.4 Å². The molecular formula is C17H21NO. The number of oxime groups is 1. The maximum absolute atomic E-state index is 5.81. The van der Waals surface area contributed by atoms with Gasteiger partial charge in [0.15, 0.2) is 0 Å². The van der Waals surface area contributed by atoms with Crippen LogP contribution in [0.3, 0.4) is 0 Å². The first-order valence-corrected chi connectivity index (χ1v) is 7.47. The molecule has 0 spiro atoms. The number of fused-ring (bicyclic) bond motifs is 5. The Balaban J connectivity index is 1.78. The van der Waals surface area contributed by atoms with E-state index in [-0.39, 0.29) is 0 Å². The van der Waals surface area contributed by atoms with E-state index in [1.54, 1.807) is 0 Å². The quantitative estimate of drug-likeness (QED) is 0.748. The van der Waals surface area contributed by atoms with Crippen molar-refractivity contribution in [1.29, 1.82) is 0 Å². The van der Waals surface area contributed by atoms with Gasteiger partial charge in [-0.25, -0.2) is 0 Å². The van der Waals surface area contributed by atoms with E-state index in [0.29, 0.717) is 12.0 Å². The van der Waals surface area contributed by atoms with Crippen molar-refractivity contribution in [2.75, 3.05) is 0 Å². The second kappa shape index (κ2) is 3.84. The molecule has 2 fully saturated rings. The Bertz CT molecular complexity index is 552. The zero-order valence-electron chi connectivity index (χ0n) is 11.9. The minimum absolute atomic E-state index is 0.383. The summed E-state index contributed by atoms with van der Waals surface area (Å²) >= 11 is 0. The lowest BCUT2D eigenvalue weighted by molar-refractivity contribution is 0.0275. The van der Waals surface area contributed by atoms with Gasteiger partial charge in [0.05, 0.1) is 5.71 Å². The fourth-order valence-corrected chi connectivity index (χ4v) is 4.74. The number of hydrogen-bond donors (Lipinski definition) is 0. The molecule has 0 aromatic heterocycles. The van der Waals surface area contributed by atoms with E-state index in [1.807, 2.05) is 0 Å². The summed E-state index contributed by atoms with van der Waals surface area (Å²) in [5.74, 6) is 2.15. The fraction of sp³-hybridized carbons (Fsp3) is 0.588. The minimum Gasteiger partial charge on any atom is -0.391 e. The highest BCUT2D eigenvalue weighted by Gasteiger charge is 2.54. The van der Waals surface area contributed by atoms with Crippen LogP contribution in [0.25, 0.3) is 0 Å². The molecule has 1 heterocycles. The van der Waals surface area contributed by atoms with Crippen LogP contribution in [0.1, 0.15) is 41.5 Å². The first-order chi connectivity index (χ1) is 9.15. The number of hydrogen-bond acceptors (Lipinski definition) is 2. The van der Waals surface area contributed by atoms with Gasteiger partial charge < -0.3 is 4.84 Å². The van der Waals surface area contributed by atoms with Crippen molar-refractivity contribution in [2.24, 2.45) is 22.9 Å². The van der Waals surface area contributed by atoms with E-state index < -0.39 is 0 Å². The topological polar surface area (TPSA) is 21.6 Å². The Morgan fingerprint density at radius 1 is 1.05 bits per heavy atom. The SMILES string of the molecule is Cc1cc(C)c(C2=NO[C@@H]3[C@H]4CC[C@H](C4)[C@H]23)c(C)c1. The first kappa shape index (κ1) is 11.5. The third-order valence-corrected chi connectivity index (χ3v) is 5.36. The highest BCUT2D eigenvalue weighted by atomic mass is 16.6. The molecule has 1 aliphatic heterocycles. The molecule has 3 aliphatic rings. The van der Waals surface area contributed by atoms with Crippen molar-refractivity contribution in [1.82, 2.24) is 0 Å². The van der Waals surface area contributed by atoms with E-state index in [2.05, 4.69) is 38.1 Å². The van der Waals surface area contributed by atoms with Crippen LogP contribution in [0.4, 0.5) is 0 Å². The van der Waals surface area contributed by atoms with Crippen LogP contribution in [0.5, 0.6) is 0 Å². The van der Waals surface area contributed by atoms with Gasteiger partial charge in [0.2, 0.25) is 0 Å². The minimum atomic E-state index is 0.383. The maximum Gasteiger partial charge on any atom is 0.139 e. The summed E-state index contributed by atoms with van der Waals surface area (Å²) in [7, 11) is 0. The molecule has 0 radical (unpaired) electrons. The molecule has 0 saturated heterocycles. The largest absolute Gasteiger partial charge is 0.391 e. The molecular weight excluding hydrogens is 234 g/mol. The van der Waals surface area contributed by atoms with Gasteiger partial charge in [0.1, 0.15) is 6.10 Å². The second-order valence-electron chi connectivity index (χ2n) is 6.68. The number of benzene rings is 1. The molecule has 2 aliphatic carbocycles. The molecule has 0 amide bonds. The Morgan fingerprint density at radius 3 is 2.47 bits per heavy atom. The first-order valence-electron chi connectivity index (χ1n) is 7.47. The fourth-order valence-electron chi connectivity index (χ4n) is 4.74. The lowest BCUT2D eigenvalue weighted by Gasteiger charge is -2.24. The predicted molar refractivity (Wildman–Crippen MR) is 76.4 cm³/mol. The van der Waals surface area contributed by atoms with Gasteiger partial charge in [0, 0.05) is 11.5 Å². The summed E-state index contributed by atoms with van der Waals surface area (Å²) in [5.41, 5.74) is 6.63. The molecule has 2 heteroatoms. The molecule has 1 aromatic carbocycles. The van der Waals surface area contributed by atoms with Crippen LogP contribution in [0.15, 0.2) is 17.3 Å². The van der Waals surface area contributed by atoms with Crippen LogP contribution in [-0.2, 0) is 4.84 Å². The Morgan fingerprint density at radius 2 is 1.74 bits per heavy atom. The normalized spacial score (nSPS) is 35.2. The Hall–Kier alpha value is -1.31. The highest BCUT2D eigenvalue weighted by molar-refractivity contribution is 6.05. The van der Waals surface area contributed by atoms with Gasteiger partial charge in [-0.3, -0.25) is 0 Å². The Kier molecular flexibility index (Phi) is 2.33. The lowest BCUT2D eigenvalue weighted by Crippen LogP contribution is -2.30. The molecule has 4 atom stereocenters. The molecule has 2 bridgehead atoms. The molecule has 0 unspecified atom stereocenters. The summed E-state index contributed by atoms with van der Waals surface area (Å²) < 4.78 is 0. The van der Waals surface area contributed by atoms with Crippen molar-refractivity contribution in [3.8, 4) is 0 Å². The molecule has 2 nitrogen and oxygen atoms in total. The number of aryl methyl sites for hydroxylation is 3. The second-order valence-corrected chi connectivity index (χ2v) is 6.68. The Labute approximate surface area is 114 Å². The lowest BCUT2D eigenvalue weighted by atomic mass is 9.79. The molecule has 19 heavy (non-hydrogen) atoms. The van der Waals surface area contributed by atoms with Crippen LogP contribution in [-0.4, -0.2) is 11.8 Å². The monoisotopic (exact) mass is 255 g/mol. The zero-order chi connectivity index (χ0) is 13.1. The van der Waals surface area contributed by atoms with Crippen LogP contribution < -0.4 is 0 Å². The third-order valence-electron chi connectivity index (χ3n) is 5.36. The van der Waals surface area contributed by atoms with E-state index >= 15 is 0 Å². The molecule has 100 valence electrons. The molecule has 4 rings (SSSR count). The van der Waals surface area contributed by atoms with Crippen LogP contribution >= 0.6 is 0 Å². The summed E-state index contributed by atoms with van der Waals surface area (Å²) in [6.45, 7) is 6.58. The van der Waals surface area contributed by atoms with Crippen molar-refractivity contribution >= 4 is 5.71 Å². The third kappa shape index (κ3) is 1.52. The van der Waals surface area contributed by atoms with Gasteiger partial charge in [-0.05, 0) is 63.0 Å². The number of nitrogens with zero attached hydrogens (tertiary/aromatic N) is 1. The highest BCUT2D eigenvalue weighted by Crippen LogP contribution is 2.53. The summed E-state index contributed by atoms with van der Waals surface area (Å²) in [5, 5.41) is 4.50. The average Bonchev–Trinajstić information content (AvgIpc) is 2.98. The van der Waals surface area contributed by atoms with E-state index in [1.165, 1.54) is 47.2 Å². The number of rotatable bonds is 1. The van der Waals surface area contributed by atoms with Gasteiger partial charge in [-0.1, -0.05) is 22.9 Å². The maximum atomic E-state index is 5.81. The predicted octanol–water partition coefficient (Wildman–Crippen LogP) is 3.76. The smallest absolute Gasteiger partial charge is 0.139 e. The van der Waals surface area contributed by atoms with Gasteiger partial charge >= 0.3 is 0 Å².